The van der Waals surface area contributed by atoms with E-state index in [1.165, 1.54) is 12.1 Å². The molecular formula is C27H24FN3O4. The second-order valence-electron chi connectivity index (χ2n) is 8.72. The zero-order valence-corrected chi connectivity index (χ0v) is 19.0. The molecule has 0 aliphatic carbocycles. The lowest BCUT2D eigenvalue weighted by molar-refractivity contribution is -0.134. The number of nitrogens with zero attached hydrogens (tertiary/aromatic N) is 3. The van der Waals surface area contributed by atoms with Gasteiger partial charge in [0, 0.05) is 30.8 Å². The molecule has 2 aliphatic heterocycles. The third kappa shape index (κ3) is 4.16. The molecule has 0 saturated carbocycles. The number of likely N-dealkylation sites (tertiary alicyclic amines) is 1. The average Bonchev–Trinajstić information content (AvgIpc) is 3.52. The van der Waals surface area contributed by atoms with E-state index in [1.54, 1.807) is 6.07 Å². The Bertz CT molecular complexity index is 1380. The molecule has 0 spiro atoms. The van der Waals surface area contributed by atoms with Crippen LogP contribution < -0.4 is 14.2 Å². The highest BCUT2D eigenvalue weighted by molar-refractivity contribution is 5.82. The van der Waals surface area contributed by atoms with Crippen LogP contribution in [0.2, 0.25) is 0 Å². The lowest BCUT2D eigenvalue weighted by Crippen LogP contribution is -2.41. The van der Waals surface area contributed by atoms with Crippen LogP contribution in [-0.4, -0.2) is 46.8 Å². The first-order valence-electron chi connectivity index (χ1n) is 11.7. The van der Waals surface area contributed by atoms with Gasteiger partial charge in [0.15, 0.2) is 18.1 Å². The van der Waals surface area contributed by atoms with E-state index in [0.29, 0.717) is 35.9 Å². The Morgan fingerprint density at radius 1 is 1.00 bits per heavy atom. The monoisotopic (exact) mass is 473 g/mol. The highest BCUT2D eigenvalue weighted by Crippen LogP contribution is 2.39. The van der Waals surface area contributed by atoms with Crippen LogP contribution >= 0.6 is 0 Å². The zero-order valence-electron chi connectivity index (χ0n) is 19.0. The Labute approximate surface area is 201 Å². The van der Waals surface area contributed by atoms with Gasteiger partial charge in [0.25, 0.3) is 5.91 Å². The van der Waals surface area contributed by atoms with Gasteiger partial charge >= 0.3 is 0 Å². The number of aromatic nitrogens is 2. The number of amides is 1. The molecule has 4 aromatic rings. The van der Waals surface area contributed by atoms with Gasteiger partial charge in [0.1, 0.15) is 17.4 Å². The molecule has 3 aromatic carbocycles. The fourth-order valence-electron chi connectivity index (χ4n) is 4.81. The molecule has 2 aliphatic rings. The Morgan fingerprint density at radius 2 is 1.80 bits per heavy atom. The number of ether oxygens (including phenoxy) is 3. The SMILES string of the molecule is O=C(COc1ccccc1)N1CCC(n2c(-c3ccc4c(c3)OCO4)nc3cc(F)ccc32)CC1. The molecule has 1 aromatic heterocycles. The van der Waals surface area contributed by atoms with Crippen LogP contribution in [0.15, 0.2) is 66.7 Å². The number of para-hydroxylation sites is 1. The van der Waals surface area contributed by atoms with Crippen molar-refractivity contribution in [3.63, 3.8) is 0 Å². The summed E-state index contributed by atoms with van der Waals surface area (Å²) in [6.45, 7) is 1.44. The van der Waals surface area contributed by atoms with Crippen LogP contribution in [0.1, 0.15) is 18.9 Å². The van der Waals surface area contributed by atoms with E-state index in [4.69, 9.17) is 19.2 Å². The van der Waals surface area contributed by atoms with Crippen molar-refractivity contribution >= 4 is 16.9 Å². The number of hydrogen-bond acceptors (Lipinski definition) is 5. The Kier molecular flexibility index (Phi) is 5.48. The lowest BCUT2D eigenvalue weighted by Gasteiger charge is -2.33. The van der Waals surface area contributed by atoms with Crippen molar-refractivity contribution < 1.29 is 23.4 Å². The highest BCUT2D eigenvalue weighted by atomic mass is 19.1. The second-order valence-corrected chi connectivity index (χ2v) is 8.72. The zero-order chi connectivity index (χ0) is 23.8. The first-order valence-corrected chi connectivity index (χ1v) is 11.7. The molecule has 0 radical (unpaired) electrons. The van der Waals surface area contributed by atoms with Crippen LogP contribution in [-0.2, 0) is 4.79 Å². The number of piperidine rings is 1. The van der Waals surface area contributed by atoms with Gasteiger partial charge in [-0.25, -0.2) is 9.37 Å². The van der Waals surface area contributed by atoms with Crippen LogP contribution in [0.25, 0.3) is 22.4 Å². The number of halogens is 1. The molecule has 1 amide bonds. The van der Waals surface area contributed by atoms with Crippen molar-refractivity contribution in [2.45, 2.75) is 18.9 Å². The number of carbonyl (C=O) groups excluding carboxylic acids is 1. The number of hydrogen-bond donors (Lipinski definition) is 0. The molecule has 0 bridgehead atoms. The smallest absolute Gasteiger partial charge is 0.260 e. The topological polar surface area (TPSA) is 65.8 Å². The number of carbonyl (C=O) groups is 1. The highest BCUT2D eigenvalue weighted by Gasteiger charge is 2.28. The fourth-order valence-corrected chi connectivity index (χ4v) is 4.81. The van der Waals surface area contributed by atoms with E-state index in [-0.39, 0.29) is 31.2 Å². The lowest BCUT2D eigenvalue weighted by atomic mass is 10.0. The van der Waals surface area contributed by atoms with E-state index in [1.807, 2.05) is 53.4 Å². The van der Waals surface area contributed by atoms with Gasteiger partial charge in [0.05, 0.1) is 11.0 Å². The summed E-state index contributed by atoms with van der Waals surface area (Å²) in [4.78, 5) is 19.4. The molecule has 0 N–H and O–H groups in total. The number of rotatable bonds is 5. The van der Waals surface area contributed by atoms with Crippen LogP contribution in [0, 0.1) is 5.82 Å². The van der Waals surface area contributed by atoms with Crippen molar-refractivity contribution in [1.82, 2.24) is 14.5 Å². The molecule has 1 fully saturated rings. The summed E-state index contributed by atoms with van der Waals surface area (Å²) in [6, 6.07) is 19.9. The van der Waals surface area contributed by atoms with Crippen LogP contribution in [0.4, 0.5) is 4.39 Å². The molecule has 35 heavy (non-hydrogen) atoms. The number of benzene rings is 3. The molecule has 0 atom stereocenters. The summed E-state index contributed by atoms with van der Waals surface area (Å²) < 4.78 is 32.8. The van der Waals surface area contributed by atoms with Crippen molar-refractivity contribution in [2.24, 2.45) is 0 Å². The van der Waals surface area contributed by atoms with Gasteiger partial charge in [-0.15, -0.1) is 0 Å². The minimum atomic E-state index is -0.321. The molecule has 8 heteroatoms. The molecule has 1 saturated heterocycles. The molecular weight excluding hydrogens is 449 g/mol. The summed E-state index contributed by atoms with van der Waals surface area (Å²) in [5, 5.41) is 0. The number of fused-ring (bicyclic) bond motifs is 2. The van der Waals surface area contributed by atoms with E-state index in [2.05, 4.69) is 4.57 Å². The van der Waals surface area contributed by atoms with Gasteiger partial charge in [-0.2, -0.15) is 0 Å². The first-order chi connectivity index (χ1) is 17.2. The standard InChI is InChI=1S/C27H24FN3O4/c28-19-7-8-23-22(15-19)29-27(18-6-9-24-25(14-18)35-17-34-24)31(23)20-10-12-30(13-11-20)26(32)16-33-21-4-2-1-3-5-21/h1-9,14-15,20H,10-13,16-17H2. The predicted molar refractivity (Wildman–Crippen MR) is 128 cm³/mol. The first kappa shape index (κ1) is 21.5. The predicted octanol–water partition coefficient (Wildman–Crippen LogP) is 4.81. The summed E-state index contributed by atoms with van der Waals surface area (Å²) >= 11 is 0. The number of imidazole rings is 1. The van der Waals surface area contributed by atoms with Crippen molar-refractivity contribution in [3.8, 4) is 28.6 Å². The molecule has 3 heterocycles. The summed E-state index contributed by atoms with van der Waals surface area (Å²) in [5.41, 5.74) is 2.35. The van der Waals surface area contributed by atoms with Gasteiger partial charge in [-0.1, -0.05) is 18.2 Å². The minimum absolute atomic E-state index is 0.0183. The van der Waals surface area contributed by atoms with Crippen LogP contribution in [0.3, 0.4) is 0 Å². The van der Waals surface area contributed by atoms with Crippen molar-refractivity contribution in [1.29, 1.82) is 0 Å². The Hall–Kier alpha value is -4.07. The van der Waals surface area contributed by atoms with E-state index in [0.717, 1.165) is 29.7 Å². The summed E-state index contributed by atoms with van der Waals surface area (Å²) in [6.07, 6.45) is 1.52. The maximum atomic E-state index is 14.0. The van der Waals surface area contributed by atoms with E-state index < -0.39 is 0 Å². The minimum Gasteiger partial charge on any atom is -0.484 e. The van der Waals surface area contributed by atoms with Gasteiger partial charge in [-0.05, 0) is 55.3 Å². The van der Waals surface area contributed by atoms with E-state index in [9.17, 15) is 9.18 Å². The molecule has 6 rings (SSSR count). The Balaban J connectivity index is 1.24. The van der Waals surface area contributed by atoms with Crippen molar-refractivity contribution in [2.75, 3.05) is 26.5 Å². The third-order valence-electron chi connectivity index (χ3n) is 6.57. The molecule has 0 unspecified atom stereocenters. The fraction of sp³-hybridized carbons (Fsp3) is 0.259. The Morgan fingerprint density at radius 3 is 2.63 bits per heavy atom. The van der Waals surface area contributed by atoms with Crippen LogP contribution in [0.5, 0.6) is 17.2 Å². The summed E-state index contributed by atoms with van der Waals surface area (Å²) in [5.74, 6) is 2.46. The maximum absolute atomic E-state index is 14.0. The third-order valence-corrected chi connectivity index (χ3v) is 6.57. The maximum Gasteiger partial charge on any atom is 0.260 e. The van der Waals surface area contributed by atoms with Crippen molar-refractivity contribution in [3.05, 3.63) is 72.5 Å². The molecule has 7 nitrogen and oxygen atoms in total. The summed E-state index contributed by atoms with van der Waals surface area (Å²) in [7, 11) is 0. The average molecular weight is 474 g/mol. The normalized spacial score (nSPS) is 15.5. The van der Waals surface area contributed by atoms with Gasteiger partial charge < -0.3 is 23.7 Å². The second kappa shape index (κ2) is 8.94. The van der Waals surface area contributed by atoms with Gasteiger partial charge in [0.2, 0.25) is 6.79 Å². The largest absolute Gasteiger partial charge is 0.484 e. The van der Waals surface area contributed by atoms with E-state index >= 15 is 0 Å². The molecule has 178 valence electrons. The van der Waals surface area contributed by atoms with Gasteiger partial charge in [-0.3, -0.25) is 4.79 Å². The quantitative estimate of drug-likeness (QED) is 0.416.